The predicted molar refractivity (Wildman–Crippen MR) is 157 cm³/mol. The van der Waals surface area contributed by atoms with Gasteiger partial charge in [0.05, 0.1) is 24.1 Å². The quantitative estimate of drug-likeness (QED) is 0.160. The number of halogens is 3. The van der Waals surface area contributed by atoms with Crippen LogP contribution in [0.5, 0.6) is 5.75 Å². The third kappa shape index (κ3) is 7.11. The first-order valence-corrected chi connectivity index (χ1v) is 15.0. The van der Waals surface area contributed by atoms with Crippen molar-refractivity contribution < 1.29 is 27.5 Å². The molecule has 2 N–H and O–H groups in total. The number of ether oxygens (including phenoxy) is 1. The van der Waals surface area contributed by atoms with E-state index in [2.05, 4.69) is 20.6 Å². The molecule has 0 fully saturated rings. The first kappa shape index (κ1) is 29.6. The van der Waals surface area contributed by atoms with Crippen LogP contribution in [0.2, 0.25) is 0 Å². The zero-order valence-electron chi connectivity index (χ0n) is 22.6. The molecule has 0 saturated carbocycles. The van der Waals surface area contributed by atoms with E-state index >= 15 is 0 Å². The molecule has 12 heteroatoms. The van der Waals surface area contributed by atoms with Crippen molar-refractivity contribution in [1.29, 1.82) is 0 Å². The number of thioether (sulfide) groups is 1. The van der Waals surface area contributed by atoms with Crippen molar-refractivity contribution in [2.45, 2.75) is 43.6 Å². The van der Waals surface area contributed by atoms with E-state index < -0.39 is 17.8 Å². The van der Waals surface area contributed by atoms with Gasteiger partial charge in [-0.1, -0.05) is 42.1 Å². The molecule has 2 amide bonds. The van der Waals surface area contributed by atoms with Gasteiger partial charge in [0.1, 0.15) is 16.4 Å². The van der Waals surface area contributed by atoms with E-state index in [4.69, 9.17) is 4.74 Å². The van der Waals surface area contributed by atoms with Crippen LogP contribution in [0.15, 0.2) is 65.8 Å². The number of fused-ring (bicyclic) bond motifs is 1. The summed E-state index contributed by atoms with van der Waals surface area (Å²) in [5, 5.41) is 6.04. The van der Waals surface area contributed by atoms with E-state index in [0.717, 1.165) is 59.5 Å². The van der Waals surface area contributed by atoms with Gasteiger partial charge in [-0.25, -0.2) is 9.97 Å². The highest BCUT2D eigenvalue weighted by molar-refractivity contribution is 7.99. The van der Waals surface area contributed by atoms with Gasteiger partial charge in [-0.3, -0.25) is 9.59 Å². The molecule has 0 radical (unpaired) electrons. The number of anilines is 1. The fourth-order valence-electron chi connectivity index (χ4n) is 4.60. The maximum Gasteiger partial charge on any atom is 0.433 e. The molecule has 7 nitrogen and oxygen atoms in total. The van der Waals surface area contributed by atoms with Gasteiger partial charge in [0.15, 0.2) is 5.16 Å². The van der Waals surface area contributed by atoms with Gasteiger partial charge in [-0.2, -0.15) is 13.2 Å². The summed E-state index contributed by atoms with van der Waals surface area (Å²) in [6.45, 7) is 0.344. The highest BCUT2D eigenvalue weighted by atomic mass is 32.2. The summed E-state index contributed by atoms with van der Waals surface area (Å²) in [7, 11) is 1.49. The zero-order valence-corrected chi connectivity index (χ0v) is 24.2. The van der Waals surface area contributed by atoms with Crippen LogP contribution in [0.3, 0.4) is 0 Å². The summed E-state index contributed by atoms with van der Waals surface area (Å²) in [4.78, 5) is 35.3. The Kier molecular flexibility index (Phi) is 9.12. The zero-order chi connectivity index (χ0) is 29.7. The maximum atomic E-state index is 13.6. The van der Waals surface area contributed by atoms with Crippen LogP contribution in [-0.4, -0.2) is 34.6 Å². The Labute approximate surface area is 248 Å². The number of methoxy groups -OCH3 is 1. The molecule has 1 aliphatic rings. The fraction of sp³-hybridized carbons (Fsp3) is 0.267. The smallest absolute Gasteiger partial charge is 0.433 e. The van der Waals surface area contributed by atoms with Gasteiger partial charge in [-0.15, -0.1) is 11.3 Å². The van der Waals surface area contributed by atoms with Gasteiger partial charge in [0.25, 0.3) is 5.91 Å². The number of nitrogens with one attached hydrogen (secondary N) is 2. The van der Waals surface area contributed by atoms with Crippen LogP contribution in [0.4, 0.5) is 18.2 Å². The number of thiophene rings is 1. The number of rotatable bonds is 9. The molecule has 0 spiro atoms. The lowest BCUT2D eigenvalue weighted by Gasteiger charge is -2.13. The van der Waals surface area contributed by atoms with Gasteiger partial charge < -0.3 is 15.4 Å². The van der Waals surface area contributed by atoms with Crippen molar-refractivity contribution in [3.05, 3.63) is 87.9 Å². The lowest BCUT2D eigenvalue weighted by atomic mass is 9.95. The molecule has 2 aromatic carbocycles. The molecule has 4 aromatic rings. The normalized spacial score (nSPS) is 12.9. The number of benzene rings is 2. The average molecular weight is 613 g/mol. The molecule has 0 unspecified atom stereocenters. The Hall–Kier alpha value is -3.90. The number of nitrogens with zero attached hydrogens (tertiary/aromatic N) is 2. The van der Waals surface area contributed by atoms with E-state index in [-0.39, 0.29) is 22.5 Å². The molecule has 218 valence electrons. The summed E-state index contributed by atoms with van der Waals surface area (Å²) < 4.78 is 46.0. The lowest BCUT2D eigenvalue weighted by Crippen LogP contribution is -2.25. The Balaban J connectivity index is 1.32. The fourth-order valence-corrected chi connectivity index (χ4v) is 6.56. The van der Waals surface area contributed by atoms with Crippen molar-refractivity contribution >= 4 is 39.9 Å². The summed E-state index contributed by atoms with van der Waals surface area (Å²) in [6.07, 6.45) is -1.16. The molecule has 2 aromatic heterocycles. The maximum absolute atomic E-state index is 13.6. The molecule has 42 heavy (non-hydrogen) atoms. The average Bonchev–Trinajstić information content (AvgIpc) is 3.36. The van der Waals surface area contributed by atoms with E-state index in [1.165, 1.54) is 18.4 Å². The van der Waals surface area contributed by atoms with Gasteiger partial charge >= 0.3 is 6.18 Å². The second-order valence-electron chi connectivity index (χ2n) is 9.57. The number of alkyl halides is 3. The minimum atomic E-state index is -4.69. The summed E-state index contributed by atoms with van der Waals surface area (Å²) in [5.74, 6) is -0.426. The van der Waals surface area contributed by atoms with E-state index in [1.54, 1.807) is 24.3 Å². The summed E-state index contributed by atoms with van der Waals surface area (Å²) in [5.41, 5.74) is 1.78. The summed E-state index contributed by atoms with van der Waals surface area (Å²) in [6, 6.07) is 16.9. The number of amides is 2. The highest BCUT2D eigenvalue weighted by Gasteiger charge is 2.34. The highest BCUT2D eigenvalue weighted by Crippen LogP contribution is 2.38. The molecule has 0 bridgehead atoms. The van der Waals surface area contributed by atoms with Crippen LogP contribution in [-0.2, 0) is 30.4 Å². The summed E-state index contributed by atoms with van der Waals surface area (Å²) >= 11 is 2.17. The lowest BCUT2D eigenvalue weighted by molar-refractivity contribution is -0.141. The van der Waals surface area contributed by atoms with Crippen LogP contribution in [0.25, 0.3) is 11.3 Å². The Morgan fingerprint density at radius 3 is 2.48 bits per heavy atom. The monoisotopic (exact) mass is 612 g/mol. The van der Waals surface area contributed by atoms with Crippen molar-refractivity contribution in [3.63, 3.8) is 0 Å². The third-order valence-corrected chi connectivity index (χ3v) is 8.72. The number of carbonyl (C=O) groups excluding carboxylic acids is 2. The van der Waals surface area contributed by atoms with Crippen LogP contribution >= 0.6 is 23.1 Å². The molecule has 5 rings (SSSR count). The number of carbonyl (C=O) groups is 2. The predicted octanol–water partition coefficient (Wildman–Crippen LogP) is 6.77. The molecule has 2 heterocycles. The largest absolute Gasteiger partial charge is 0.497 e. The first-order chi connectivity index (χ1) is 20.2. The van der Waals surface area contributed by atoms with Gasteiger partial charge in [0, 0.05) is 17.0 Å². The van der Waals surface area contributed by atoms with Crippen LogP contribution in [0.1, 0.15) is 44.9 Å². The molecular weight excluding hydrogens is 585 g/mol. The van der Waals surface area contributed by atoms with Crippen molar-refractivity contribution in [3.8, 4) is 17.0 Å². The third-order valence-electron chi connectivity index (χ3n) is 6.66. The number of hydrogen-bond acceptors (Lipinski definition) is 7. The molecular formula is C30H27F3N4O3S2. The Morgan fingerprint density at radius 1 is 1.02 bits per heavy atom. The van der Waals surface area contributed by atoms with Gasteiger partial charge in [0.2, 0.25) is 5.91 Å². The standard InChI is InChI=1S/C30H27F3N4O3S2/c1-40-20-13-11-19(12-14-20)22-15-24(30(31,32)33)36-29(35-22)41-17-25(38)37-28-26(21-9-5-6-10-23(21)42-28)27(39)34-16-18-7-3-2-4-8-18/h2-4,7-8,11-15H,5-6,9-10,16-17H2,1H3,(H,34,39)(H,37,38). The van der Waals surface area contributed by atoms with Crippen LogP contribution in [0, 0.1) is 0 Å². The second kappa shape index (κ2) is 13.0. The van der Waals surface area contributed by atoms with Gasteiger partial charge in [-0.05, 0) is 67.1 Å². The minimum absolute atomic E-state index is 0.0752. The Morgan fingerprint density at radius 2 is 1.76 bits per heavy atom. The number of aryl methyl sites for hydroxylation is 1. The minimum Gasteiger partial charge on any atom is -0.497 e. The molecule has 0 saturated heterocycles. The number of hydrogen-bond donors (Lipinski definition) is 2. The topological polar surface area (TPSA) is 93.2 Å². The number of aromatic nitrogens is 2. The molecule has 0 atom stereocenters. The van der Waals surface area contributed by atoms with Crippen LogP contribution < -0.4 is 15.4 Å². The first-order valence-electron chi connectivity index (χ1n) is 13.2. The van der Waals surface area contributed by atoms with E-state index in [9.17, 15) is 22.8 Å². The molecule has 1 aliphatic carbocycles. The molecule has 0 aliphatic heterocycles. The Bertz CT molecular complexity index is 1580. The van der Waals surface area contributed by atoms with E-state index in [0.29, 0.717) is 28.4 Å². The van der Waals surface area contributed by atoms with Crippen molar-refractivity contribution in [1.82, 2.24) is 15.3 Å². The van der Waals surface area contributed by atoms with Crippen molar-refractivity contribution in [2.24, 2.45) is 0 Å². The SMILES string of the molecule is COc1ccc(-c2cc(C(F)(F)F)nc(SCC(=O)Nc3sc4c(c3C(=O)NCc3ccccc3)CCCC4)n2)cc1. The second-order valence-corrected chi connectivity index (χ2v) is 11.6. The van der Waals surface area contributed by atoms with Crippen molar-refractivity contribution in [2.75, 3.05) is 18.2 Å². The van der Waals surface area contributed by atoms with E-state index in [1.807, 2.05) is 30.3 Å².